The van der Waals surface area contributed by atoms with E-state index >= 15 is 0 Å². The fourth-order valence-electron chi connectivity index (χ4n) is 1.90. The first-order valence-corrected chi connectivity index (χ1v) is 7.19. The van der Waals surface area contributed by atoms with Crippen LogP contribution in [0.15, 0.2) is 34.9 Å². The monoisotopic (exact) mass is 301 g/mol. The number of hydrogen-bond donors (Lipinski definition) is 2. The largest absolute Gasteiger partial charge is 0.361 e. The predicted molar refractivity (Wildman–Crippen MR) is 82.4 cm³/mol. The van der Waals surface area contributed by atoms with Gasteiger partial charge in [-0.2, -0.15) is 0 Å². The van der Waals surface area contributed by atoms with Crippen LogP contribution in [0.25, 0.3) is 0 Å². The van der Waals surface area contributed by atoms with Crippen LogP contribution in [0.3, 0.4) is 0 Å². The summed E-state index contributed by atoms with van der Waals surface area (Å²) in [5, 5.41) is 9.23. The summed E-state index contributed by atoms with van der Waals surface area (Å²) in [6, 6.07) is 8.93. The normalized spacial score (nSPS) is 10.3. The smallest absolute Gasteiger partial charge is 0.273 e. The average Bonchev–Trinajstić information content (AvgIpc) is 2.93. The molecule has 6 nitrogen and oxygen atoms in total. The lowest BCUT2D eigenvalue weighted by atomic mass is 10.2. The van der Waals surface area contributed by atoms with Gasteiger partial charge in [0.1, 0.15) is 5.76 Å². The number of carbonyl (C=O) groups is 2. The molecule has 116 valence electrons. The molecule has 0 radical (unpaired) electrons. The number of nitrogens with zero attached hydrogens (tertiary/aromatic N) is 1. The van der Waals surface area contributed by atoms with Crippen LogP contribution in [0.1, 0.15) is 41.6 Å². The van der Waals surface area contributed by atoms with Crippen molar-refractivity contribution in [1.29, 1.82) is 0 Å². The van der Waals surface area contributed by atoms with Crippen LogP contribution >= 0.6 is 0 Å². The van der Waals surface area contributed by atoms with Crippen LogP contribution in [-0.2, 0) is 11.3 Å². The molecule has 0 aliphatic heterocycles. The fourth-order valence-corrected chi connectivity index (χ4v) is 1.90. The summed E-state index contributed by atoms with van der Waals surface area (Å²) in [6.07, 6.45) is 1.33. The molecule has 2 amide bonds. The summed E-state index contributed by atoms with van der Waals surface area (Å²) in [4.78, 5) is 23.3. The molecule has 1 aromatic heterocycles. The Hall–Kier alpha value is -2.63. The summed E-state index contributed by atoms with van der Waals surface area (Å²) in [7, 11) is 0. The summed E-state index contributed by atoms with van der Waals surface area (Å²) in [6.45, 7) is 4.07. The molecule has 0 spiro atoms. The van der Waals surface area contributed by atoms with Gasteiger partial charge in [-0.3, -0.25) is 9.59 Å². The minimum Gasteiger partial charge on any atom is -0.361 e. The van der Waals surface area contributed by atoms with Gasteiger partial charge in [0.15, 0.2) is 5.69 Å². The van der Waals surface area contributed by atoms with Gasteiger partial charge in [0.2, 0.25) is 5.91 Å². The minimum absolute atomic E-state index is 0.00459. The number of carbonyl (C=O) groups excluding carboxylic acids is 2. The van der Waals surface area contributed by atoms with E-state index in [1.165, 1.54) is 0 Å². The Kier molecular flexibility index (Phi) is 5.30. The topological polar surface area (TPSA) is 84.2 Å². The summed E-state index contributed by atoms with van der Waals surface area (Å²) in [5.41, 5.74) is 1.95. The van der Waals surface area contributed by atoms with E-state index in [1.54, 1.807) is 13.0 Å². The van der Waals surface area contributed by atoms with Crippen molar-refractivity contribution < 1.29 is 14.1 Å². The first-order chi connectivity index (χ1) is 10.6. The van der Waals surface area contributed by atoms with Gasteiger partial charge in [-0.25, -0.2) is 0 Å². The summed E-state index contributed by atoms with van der Waals surface area (Å²) >= 11 is 0. The molecule has 2 rings (SSSR count). The zero-order chi connectivity index (χ0) is 15.9. The lowest BCUT2D eigenvalue weighted by Crippen LogP contribution is -2.23. The number of aromatic nitrogens is 1. The van der Waals surface area contributed by atoms with E-state index in [0.29, 0.717) is 18.7 Å². The highest BCUT2D eigenvalue weighted by Crippen LogP contribution is 2.10. The highest BCUT2D eigenvalue weighted by atomic mass is 16.5. The zero-order valence-corrected chi connectivity index (χ0v) is 12.7. The number of benzene rings is 1. The average molecular weight is 301 g/mol. The number of rotatable bonds is 6. The van der Waals surface area contributed by atoms with Gasteiger partial charge in [-0.1, -0.05) is 24.2 Å². The van der Waals surface area contributed by atoms with Gasteiger partial charge < -0.3 is 15.2 Å². The molecule has 2 N–H and O–H groups in total. The zero-order valence-electron chi connectivity index (χ0n) is 12.7. The minimum atomic E-state index is -0.280. The van der Waals surface area contributed by atoms with Crippen molar-refractivity contribution in [3.05, 3.63) is 47.3 Å². The lowest BCUT2D eigenvalue weighted by molar-refractivity contribution is -0.116. The van der Waals surface area contributed by atoms with E-state index in [0.717, 1.165) is 17.7 Å². The maximum Gasteiger partial charge on any atom is 0.273 e. The molecule has 22 heavy (non-hydrogen) atoms. The van der Waals surface area contributed by atoms with E-state index in [9.17, 15) is 9.59 Å². The van der Waals surface area contributed by atoms with Gasteiger partial charge in [-0.05, 0) is 31.0 Å². The van der Waals surface area contributed by atoms with Crippen molar-refractivity contribution in [2.24, 2.45) is 0 Å². The number of aryl methyl sites for hydroxylation is 1. The molecule has 0 saturated carbocycles. The van der Waals surface area contributed by atoms with Crippen LogP contribution in [-0.4, -0.2) is 17.0 Å². The Bertz CT molecular complexity index is 647. The molecule has 0 unspecified atom stereocenters. The second-order valence-electron chi connectivity index (χ2n) is 5.00. The van der Waals surface area contributed by atoms with Crippen molar-refractivity contribution in [2.45, 2.75) is 33.2 Å². The third-order valence-electron chi connectivity index (χ3n) is 3.03. The molecule has 0 saturated heterocycles. The second kappa shape index (κ2) is 7.40. The van der Waals surface area contributed by atoms with Crippen molar-refractivity contribution in [3.8, 4) is 0 Å². The molecule has 2 aromatic rings. The number of amides is 2. The third-order valence-corrected chi connectivity index (χ3v) is 3.03. The van der Waals surface area contributed by atoms with Crippen molar-refractivity contribution in [1.82, 2.24) is 10.5 Å². The molecule has 0 aliphatic carbocycles. The van der Waals surface area contributed by atoms with Crippen molar-refractivity contribution in [3.63, 3.8) is 0 Å². The quantitative estimate of drug-likeness (QED) is 0.859. The number of hydrogen-bond acceptors (Lipinski definition) is 4. The summed E-state index contributed by atoms with van der Waals surface area (Å²) < 4.78 is 4.86. The van der Waals surface area contributed by atoms with Gasteiger partial charge >= 0.3 is 0 Å². The van der Waals surface area contributed by atoms with Gasteiger partial charge in [0.05, 0.1) is 0 Å². The fraction of sp³-hybridized carbons (Fsp3) is 0.312. The Morgan fingerprint density at radius 2 is 1.95 bits per heavy atom. The van der Waals surface area contributed by atoms with Gasteiger partial charge in [0, 0.05) is 24.7 Å². The van der Waals surface area contributed by atoms with Crippen molar-refractivity contribution >= 4 is 17.5 Å². The Labute approximate surface area is 128 Å². The van der Waals surface area contributed by atoms with Crippen LogP contribution in [0, 0.1) is 6.92 Å². The molecule has 0 fully saturated rings. The number of nitrogens with one attached hydrogen (secondary N) is 2. The van der Waals surface area contributed by atoms with Gasteiger partial charge in [0.25, 0.3) is 5.91 Å². The molecule has 1 heterocycles. The molecule has 0 atom stereocenters. The van der Waals surface area contributed by atoms with Crippen LogP contribution in [0.2, 0.25) is 0 Å². The van der Waals surface area contributed by atoms with E-state index in [1.807, 2.05) is 31.2 Å². The standard InChI is InChI=1S/C16H19N3O3/c1-3-4-15(20)18-13-7-5-12(6-8-13)10-17-16(21)14-9-11(2)22-19-14/h5-9H,3-4,10H2,1-2H3,(H,17,21)(H,18,20). The van der Waals surface area contributed by atoms with E-state index < -0.39 is 0 Å². The maximum absolute atomic E-state index is 11.8. The SMILES string of the molecule is CCCC(=O)Nc1ccc(CNC(=O)c2cc(C)on2)cc1. The van der Waals surface area contributed by atoms with Crippen LogP contribution in [0.5, 0.6) is 0 Å². The molecule has 0 aliphatic rings. The number of anilines is 1. The molecular formula is C16H19N3O3. The Morgan fingerprint density at radius 3 is 2.55 bits per heavy atom. The van der Waals surface area contributed by atoms with Gasteiger partial charge in [-0.15, -0.1) is 0 Å². The third kappa shape index (κ3) is 4.44. The Balaban J connectivity index is 1.86. The van der Waals surface area contributed by atoms with E-state index in [4.69, 9.17) is 4.52 Å². The maximum atomic E-state index is 11.8. The highest BCUT2D eigenvalue weighted by molar-refractivity contribution is 5.92. The second-order valence-corrected chi connectivity index (χ2v) is 5.00. The predicted octanol–water partition coefficient (Wildman–Crippen LogP) is 2.65. The van der Waals surface area contributed by atoms with Crippen molar-refractivity contribution in [2.75, 3.05) is 5.32 Å². The first-order valence-electron chi connectivity index (χ1n) is 7.19. The van der Waals surface area contributed by atoms with Crippen LogP contribution in [0.4, 0.5) is 5.69 Å². The Morgan fingerprint density at radius 1 is 1.23 bits per heavy atom. The van der Waals surface area contributed by atoms with E-state index in [-0.39, 0.29) is 17.5 Å². The molecule has 1 aromatic carbocycles. The molecule has 6 heteroatoms. The highest BCUT2D eigenvalue weighted by Gasteiger charge is 2.10. The van der Waals surface area contributed by atoms with E-state index in [2.05, 4.69) is 15.8 Å². The first kappa shape index (κ1) is 15.8. The lowest BCUT2D eigenvalue weighted by Gasteiger charge is -2.06. The molecular weight excluding hydrogens is 282 g/mol. The molecule has 0 bridgehead atoms. The van der Waals surface area contributed by atoms with Crippen LogP contribution < -0.4 is 10.6 Å². The summed E-state index contributed by atoms with van der Waals surface area (Å²) in [5.74, 6) is 0.319.